The molecule has 1 aliphatic rings. The van der Waals surface area contributed by atoms with Gasteiger partial charge < -0.3 is 15.7 Å². The quantitative estimate of drug-likeness (QED) is 0.577. The normalized spacial score (nSPS) is 23.1. The van der Waals surface area contributed by atoms with E-state index < -0.39 is 5.60 Å². The van der Waals surface area contributed by atoms with Gasteiger partial charge in [0, 0.05) is 24.2 Å². The van der Waals surface area contributed by atoms with E-state index in [-0.39, 0.29) is 0 Å². The number of thiazole rings is 1. The van der Waals surface area contributed by atoms with E-state index in [9.17, 15) is 5.11 Å². The molecule has 0 radical (unpaired) electrons. The predicted octanol–water partition coefficient (Wildman–Crippen LogP) is 1.29. The number of rotatable bonds is 4. The van der Waals surface area contributed by atoms with Crippen LogP contribution in [0.4, 0.5) is 0 Å². The molecule has 0 spiro atoms. The number of aliphatic hydroxyl groups is 1. The third kappa shape index (κ3) is 4.10. The standard InChI is InChI=1S/C13H22N4OS2/c1-9-10(2)20-11(17-9)6-15-12(14-3)16-7-13(18)4-5-19-8-13/h18H,4-8H2,1-3H3,(H2,14,15,16). The van der Waals surface area contributed by atoms with Crippen LogP contribution in [-0.4, -0.2) is 46.7 Å². The van der Waals surface area contributed by atoms with Crippen LogP contribution < -0.4 is 10.6 Å². The molecule has 1 saturated heterocycles. The van der Waals surface area contributed by atoms with Gasteiger partial charge in [-0.1, -0.05) is 0 Å². The second kappa shape index (κ2) is 6.78. The Morgan fingerprint density at radius 1 is 1.45 bits per heavy atom. The summed E-state index contributed by atoms with van der Waals surface area (Å²) in [5, 5.41) is 17.8. The summed E-state index contributed by atoms with van der Waals surface area (Å²) >= 11 is 3.50. The van der Waals surface area contributed by atoms with Crippen molar-refractivity contribution in [3.8, 4) is 0 Å². The molecule has 1 aliphatic heterocycles. The Bertz CT molecular complexity index is 461. The maximum atomic E-state index is 10.3. The molecule has 0 aromatic carbocycles. The lowest BCUT2D eigenvalue weighted by atomic mass is 10.0. The van der Waals surface area contributed by atoms with Crippen LogP contribution in [0.15, 0.2) is 4.99 Å². The van der Waals surface area contributed by atoms with Gasteiger partial charge in [0.1, 0.15) is 5.01 Å². The first-order valence-corrected chi connectivity index (χ1v) is 8.67. The third-order valence-electron chi connectivity index (χ3n) is 3.37. The van der Waals surface area contributed by atoms with Crippen LogP contribution in [0, 0.1) is 13.8 Å². The van der Waals surface area contributed by atoms with Crippen LogP contribution in [0.3, 0.4) is 0 Å². The van der Waals surface area contributed by atoms with Crippen molar-refractivity contribution in [3.63, 3.8) is 0 Å². The lowest BCUT2D eigenvalue weighted by Crippen LogP contribution is -2.47. The molecule has 0 bridgehead atoms. The summed E-state index contributed by atoms with van der Waals surface area (Å²) in [7, 11) is 1.74. The highest BCUT2D eigenvalue weighted by Crippen LogP contribution is 2.26. The Hall–Kier alpha value is -0.790. The molecule has 0 aliphatic carbocycles. The van der Waals surface area contributed by atoms with Gasteiger partial charge in [-0.2, -0.15) is 11.8 Å². The minimum atomic E-state index is -0.601. The first-order chi connectivity index (χ1) is 9.52. The highest BCUT2D eigenvalue weighted by molar-refractivity contribution is 7.99. The van der Waals surface area contributed by atoms with Gasteiger partial charge in [-0.25, -0.2) is 4.98 Å². The van der Waals surface area contributed by atoms with Crippen molar-refractivity contribution in [1.82, 2.24) is 15.6 Å². The molecular formula is C13H22N4OS2. The number of guanidine groups is 1. The number of nitrogens with one attached hydrogen (secondary N) is 2. The van der Waals surface area contributed by atoms with Crippen molar-refractivity contribution in [3.05, 3.63) is 15.6 Å². The first kappa shape index (κ1) is 15.6. The van der Waals surface area contributed by atoms with Crippen molar-refractivity contribution >= 4 is 29.1 Å². The Kier molecular flexibility index (Phi) is 5.29. The van der Waals surface area contributed by atoms with E-state index in [1.54, 1.807) is 30.1 Å². The maximum Gasteiger partial charge on any atom is 0.191 e. The zero-order chi connectivity index (χ0) is 14.6. The SMILES string of the molecule is CN=C(NCc1nc(C)c(C)s1)NCC1(O)CCSC1. The highest BCUT2D eigenvalue weighted by atomic mass is 32.2. The summed E-state index contributed by atoms with van der Waals surface area (Å²) in [6, 6.07) is 0. The molecular weight excluding hydrogens is 292 g/mol. The monoisotopic (exact) mass is 314 g/mol. The molecule has 3 N–H and O–H groups in total. The minimum absolute atomic E-state index is 0.537. The molecule has 2 heterocycles. The lowest BCUT2D eigenvalue weighted by Gasteiger charge is -2.23. The lowest BCUT2D eigenvalue weighted by molar-refractivity contribution is 0.0724. The second-order valence-electron chi connectivity index (χ2n) is 5.06. The summed E-state index contributed by atoms with van der Waals surface area (Å²) in [6.45, 7) is 5.30. The average molecular weight is 314 g/mol. The number of hydrogen-bond acceptors (Lipinski definition) is 5. The molecule has 20 heavy (non-hydrogen) atoms. The van der Waals surface area contributed by atoms with Crippen LogP contribution >= 0.6 is 23.1 Å². The summed E-state index contributed by atoms with van der Waals surface area (Å²) in [4.78, 5) is 9.92. The number of thioether (sulfide) groups is 1. The number of aryl methyl sites for hydroxylation is 2. The minimum Gasteiger partial charge on any atom is -0.387 e. The molecule has 5 nitrogen and oxygen atoms in total. The van der Waals surface area contributed by atoms with E-state index >= 15 is 0 Å². The molecule has 1 aromatic rings. The van der Waals surface area contributed by atoms with Gasteiger partial charge in [0.2, 0.25) is 0 Å². The van der Waals surface area contributed by atoms with E-state index in [1.165, 1.54) is 4.88 Å². The molecule has 2 rings (SSSR count). The third-order valence-corrected chi connectivity index (χ3v) is 5.68. The zero-order valence-electron chi connectivity index (χ0n) is 12.2. The van der Waals surface area contributed by atoms with Gasteiger partial charge in [0.15, 0.2) is 5.96 Å². The van der Waals surface area contributed by atoms with E-state index in [2.05, 4.69) is 27.5 Å². The number of aliphatic imine (C=N–C) groups is 1. The molecule has 1 atom stereocenters. The topological polar surface area (TPSA) is 69.5 Å². The number of aromatic nitrogens is 1. The second-order valence-corrected chi connectivity index (χ2v) is 7.45. The van der Waals surface area contributed by atoms with Crippen LogP contribution in [0.25, 0.3) is 0 Å². The Labute approximate surface area is 128 Å². The van der Waals surface area contributed by atoms with E-state index in [0.29, 0.717) is 19.0 Å². The molecule has 112 valence electrons. The summed E-state index contributed by atoms with van der Waals surface area (Å²) in [5.74, 6) is 2.53. The van der Waals surface area contributed by atoms with Crippen molar-refractivity contribution in [2.24, 2.45) is 4.99 Å². The largest absolute Gasteiger partial charge is 0.387 e. The Morgan fingerprint density at radius 2 is 2.25 bits per heavy atom. The predicted molar refractivity (Wildman–Crippen MR) is 86.7 cm³/mol. The Morgan fingerprint density at radius 3 is 2.80 bits per heavy atom. The van der Waals surface area contributed by atoms with Gasteiger partial charge in [-0.15, -0.1) is 11.3 Å². The summed E-state index contributed by atoms with van der Waals surface area (Å²) in [5.41, 5.74) is 0.489. The zero-order valence-corrected chi connectivity index (χ0v) is 13.8. The number of hydrogen-bond donors (Lipinski definition) is 3. The molecule has 0 amide bonds. The summed E-state index contributed by atoms with van der Waals surface area (Å²) in [6.07, 6.45) is 0.840. The molecule has 1 fully saturated rings. The highest BCUT2D eigenvalue weighted by Gasteiger charge is 2.31. The molecule has 7 heteroatoms. The first-order valence-electron chi connectivity index (χ1n) is 6.70. The van der Waals surface area contributed by atoms with Gasteiger partial charge in [-0.05, 0) is 26.0 Å². The van der Waals surface area contributed by atoms with Gasteiger partial charge in [0.25, 0.3) is 0 Å². The van der Waals surface area contributed by atoms with Crippen LogP contribution in [0.2, 0.25) is 0 Å². The molecule has 1 aromatic heterocycles. The maximum absolute atomic E-state index is 10.3. The van der Waals surface area contributed by atoms with Crippen molar-refractivity contribution in [1.29, 1.82) is 0 Å². The van der Waals surface area contributed by atoms with Gasteiger partial charge >= 0.3 is 0 Å². The van der Waals surface area contributed by atoms with Gasteiger partial charge in [0.05, 0.1) is 17.8 Å². The van der Waals surface area contributed by atoms with Crippen molar-refractivity contribution in [2.75, 3.05) is 25.1 Å². The molecule has 1 unspecified atom stereocenters. The average Bonchev–Trinajstić information content (AvgIpc) is 2.98. The fourth-order valence-electron chi connectivity index (χ4n) is 1.98. The van der Waals surface area contributed by atoms with Crippen LogP contribution in [0.1, 0.15) is 22.0 Å². The van der Waals surface area contributed by atoms with Gasteiger partial charge in [-0.3, -0.25) is 4.99 Å². The fraction of sp³-hybridized carbons (Fsp3) is 0.692. The van der Waals surface area contributed by atoms with Crippen molar-refractivity contribution in [2.45, 2.75) is 32.4 Å². The van der Waals surface area contributed by atoms with E-state index in [1.807, 2.05) is 6.92 Å². The number of nitrogens with zero attached hydrogens (tertiary/aromatic N) is 2. The Balaban J connectivity index is 1.80. The summed E-state index contributed by atoms with van der Waals surface area (Å²) < 4.78 is 0. The van der Waals surface area contributed by atoms with Crippen LogP contribution in [0.5, 0.6) is 0 Å². The van der Waals surface area contributed by atoms with Crippen LogP contribution in [-0.2, 0) is 6.54 Å². The smallest absolute Gasteiger partial charge is 0.191 e. The van der Waals surface area contributed by atoms with E-state index in [4.69, 9.17) is 0 Å². The molecule has 0 saturated carbocycles. The van der Waals surface area contributed by atoms with E-state index in [0.717, 1.165) is 28.6 Å². The van der Waals surface area contributed by atoms with Crippen molar-refractivity contribution < 1.29 is 5.11 Å². The fourth-order valence-corrected chi connectivity index (χ4v) is 4.15.